The summed E-state index contributed by atoms with van der Waals surface area (Å²) in [6.07, 6.45) is 1.64. The molecule has 0 aliphatic rings. The van der Waals surface area contributed by atoms with E-state index in [1.165, 1.54) is 0 Å². The Kier molecular flexibility index (Phi) is 5.49. The lowest BCUT2D eigenvalue weighted by atomic mass is 10.1. The van der Waals surface area contributed by atoms with Gasteiger partial charge >= 0.3 is 0 Å². The van der Waals surface area contributed by atoms with E-state index in [0.717, 1.165) is 11.1 Å². The molecule has 1 aromatic heterocycles. The van der Waals surface area contributed by atoms with E-state index in [1.54, 1.807) is 35.2 Å². The molecule has 2 aromatic carbocycles. The van der Waals surface area contributed by atoms with Gasteiger partial charge in [0.15, 0.2) is 0 Å². The Morgan fingerprint density at radius 3 is 2.65 bits per heavy atom. The van der Waals surface area contributed by atoms with Crippen LogP contribution >= 0.6 is 11.6 Å². The van der Waals surface area contributed by atoms with Crippen molar-refractivity contribution in [1.29, 1.82) is 0 Å². The Hall–Kier alpha value is -2.92. The number of aryl methyl sites for hydroxylation is 1. The van der Waals surface area contributed by atoms with Gasteiger partial charge in [-0.2, -0.15) is 4.98 Å². The molecular formula is C20H18ClN3O2. The average Bonchev–Trinajstić information content (AvgIpc) is 3.10. The van der Waals surface area contributed by atoms with E-state index in [1.807, 2.05) is 31.2 Å². The van der Waals surface area contributed by atoms with Gasteiger partial charge in [-0.15, -0.1) is 6.58 Å². The van der Waals surface area contributed by atoms with Gasteiger partial charge in [-0.25, -0.2) is 0 Å². The molecule has 132 valence electrons. The summed E-state index contributed by atoms with van der Waals surface area (Å²) >= 11 is 6.14. The van der Waals surface area contributed by atoms with Gasteiger partial charge < -0.3 is 9.42 Å². The van der Waals surface area contributed by atoms with Crippen LogP contribution in [0.25, 0.3) is 11.4 Å². The maximum absolute atomic E-state index is 12.8. The van der Waals surface area contributed by atoms with Crippen molar-refractivity contribution in [2.45, 2.75) is 13.5 Å². The quantitative estimate of drug-likeness (QED) is 0.601. The number of hydrogen-bond donors (Lipinski definition) is 0. The van der Waals surface area contributed by atoms with Gasteiger partial charge in [-0.05, 0) is 19.1 Å². The second-order valence-corrected chi connectivity index (χ2v) is 6.24. The first kappa shape index (κ1) is 17.9. The van der Waals surface area contributed by atoms with Crippen molar-refractivity contribution >= 4 is 17.5 Å². The molecule has 0 atom stereocenters. The molecule has 0 unspecified atom stereocenters. The first-order valence-electron chi connectivity index (χ1n) is 8.13. The molecule has 0 saturated heterocycles. The summed E-state index contributed by atoms with van der Waals surface area (Å²) < 4.78 is 5.32. The van der Waals surface area contributed by atoms with E-state index in [-0.39, 0.29) is 12.5 Å². The molecule has 0 fully saturated rings. The fourth-order valence-electron chi connectivity index (χ4n) is 2.48. The fraction of sp³-hybridized carbons (Fsp3) is 0.150. The van der Waals surface area contributed by atoms with Gasteiger partial charge in [0.1, 0.15) is 6.54 Å². The Morgan fingerprint density at radius 2 is 1.96 bits per heavy atom. The number of halogens is 1. The smallest absolute Gasteiger partial charge is 0.256 e. The SMILES string of the molecule is C=CCN(Cc1nc(-c2ccc(C)cc2)no1)C(=O)c1ccccc1Cl. The summed E-state index contributed by atoms with van der Waals surface area (Å²) in [5.41, 5.74) is 2.44. The monoisotopic (exact) mass is 367 g/mol. The first-order valence-corrected chi connectivity index (χ1v) is 8.50. The van der Waals surface area contributed by atoms with E-state index < -0.39 is 0 Å². The third-order valence-corrected chi connectivity index (χ3v) is 4.17. The minimum Gasteiger partial charge on any atom is -0.337 e. The maximum Gasteiger partial charge on any atom is 0.256 e. The number of benzene rings is 2. The van der Waals surface area contributed by atoms with Crippen LogP contribution in [-0.2, 0) is 6.54 Å². The lowest BCUT2D eigenvalue weighted by Crippen LogP contribution is -2.31. The van der Waals surface area contributed by atoms with Crippen LogP contribution in [0.15, 0.2) is 65.7 Å². The standard InChI is InChI=1S/C20H18ClN3O2/c1-3-12-24(20(25)16-6-4-5-7-17(16)21)13-18-22-19(23-26-18)15-10-8-14(2)9-11-15/h3-11H,1,12-13H2,2H3. The fourth-order valence-corrected chi connectivity index (χ4v) is 2.70. The Balaban J connectivity index is 1.80. The minimum absolute atomic E-state index is 0.176. The van der Waals surface area contributed by atoms with Crippen molar-refractivity contribution < 1.29 is 9.32 Å². The van der Waals surface area contributed by atoms with E-state index in [2.05, 4.69) is 16.7 Å². The lowest BCUT2D eigenvalue weighted by Gasteiger charge is -2.19. The highest BCUT2D eigenvalue weighted by atomic mass is 35.5. The zero-order valence-electron chi connectivity index (χ0n) is 14.4. The van der Waals surface area contributed by atoms with Crippen molar-refractivity contribution in [2.24, 2.45) is 0 Å². The van der Waals surface area contributed by atoms with Crippen LogP contribution < -0.4 is 0 Å². The molecule has 6 heteroatoms. The van der Waals surface area contributed by atoms with E-state index in [0.29, 0.717) is 28.8 Å². The number of carbonyl (C=O) groups is 1. The van der Waals surface area contributed by atoms with Gasteiger partial charge in [0, 0.05) is 12.1 Å². The van der Waals surface area contributed by atoms with Gasteiger partial charge in [-0.1, -0.05) is 64.8 Å². The highest BCUT2D eigenvalue weighted by Gasteiger charge is 2.20. The summed E-state index contributed by atoms with van der Waals surface area (Å²) in [5, 5.41) is 4.40. The van der Waals surface area contributed by atoms with Gasteiger partial charge in [0.25, 0.3) is 5.91 Å². The second kappa shape index (κ2) is 7.97. The van der Waals surface area contributed by atoms with Crippen LogP contribution in [0, 0.1) is 6.92 Å². The summed E-state index contributed by atoms with van der Waals surface area (Å²) in [5.74, 6) is 0.622. The molecule has 1 heterocycles. The first-order chi connectivity index (χ1) is 12.6. The molecule has 3 rings (SSSR count). The maximum atomic E-state index is 12.8. The molecule has 0 aliphatic carbocycles. The van der Waals surface area contributed by atoms with E-state index in [9.17, 15) is 4.79 Å². The van der Waals surface area contributed by atoms with Crippen molar-refractivity contribution in [3.63, 3.8) is 0 Å². The Morgan fingerprint density at radius 1 is 1.23 bits per heavy atom. The van der Waals surface area contributed by atoms with E-state index >= 15 is 0 Å². The topological polar surface area (TPSA) is 59.2 Å². The van der Waals surface area contributed by atoms with Crippen molar-refractivity contribution in [3.8, 4) is 11.4 Å². The van der Waals surface area contributed by atoms with E-state index in [4.69, 9.17) is 16.1 Å². The molecule has 0 aliphatic heterocycles. The highest BCUT2D eigenvalue weighted by molar-refractivity contribution is 6.33. The zero-order chi connectivity index (χ0) is 18.5. The zero-order valence-corrected chi connectivity index (χ0v) is 15.1. The third-order valence-electron chi connectivity index (χ3n) is 3.84. The van der Waals surface area contributed by atoms with Gasteiger partial charge in [0.2, 0.25) is 11.7 Å². The van der Waals surface area contributed by atoms with Crippen molar-refractivity contribution in [1.82, 2.24) is 15.0 Å². The number of hydrogen-bond acceptors (Lipinski definition) is 4. The molecule has 0 radical (unpaired) electrons. The third kappa shape index (κ3) is 4.00. The average molecular weight is 368 g/mol. The number of aromatic nitrogens is 2. The Labute approximate surface area is 156 Å². The molecular weight excluding hydrogens is 350 g/mol. The predicted octanol–water partition coefficient (Wildman–Crippen LogP) is 4.53. The largest absolute Gasteiger partial charge is 0.337 e. The van der Waals surface area contributed by atoms with Crippen molar-refractivity contribution in [2.75, 3.05) is 6.54 Å². The molecule has 0 N–H and O–H groups in total. The highest BCUT2D eigenvalue weighted by Crippen LogP contribution is 2.20. The van der Waals surface area contributed by atoms with Crippen LogP contribution in [0.1, 0.15) is 21.8 Å². The molecule has 26 heavy (non-hydrogen) atoms. The Bertz CT molecular complexity index is 919. The number of amides is 1. The normalized spacial score (nSPS) is 10.5. The summed E-state index contributed by atoms with van der Waals surface area (Å²) in [7, 11) is 0. The van der Waals surface area contributed by atoms with Crippen LogP contribution in [-0.4, -0.2) is 27.5 Å². The molecule has 0 spiro atoms. The second-order valence-electron chi connectivity index (χ2n) is 5.83. The van der Waals surface area contributed by atoms with Crippen LogP contribution in [0.4, 0.5) is 0 Å². The van der Waals surface area contributed by atoms with Crippen LogP contribution in [0.2, 0.25) is 5.02 Å². The summed E-state index contributed by atoms with van der Waals surface area (Å²) in [6, 6.07) is 14.7. The predicted molar refractivity (Wildman–Crippen MR) is 101 cm³/mol. The van der Waals surface area contributed by atoms with Crippen LogP contribution in [0.3, 0.4) is 0 Å². The number of carbonyl (C=O) groups excluding carboxylic acids is 1. The number of nitrogens with zero attached hydrogens (tertiary/aromatic N) is 3. The lowest BCUT2D eigenvalue weighted by molar-refractivity contribution is 0.0745. The summed E-state index contributed by atoms with van der Waals surface area (Å²) in [6.45, 7) is 6.24. The molecule has 1 amide bonds. The number of rotatable bonds is 6. The summed E-state index contributed by atoms with van der Waals surface area (Å²) in [4.78, 5) is 18.7. The molecule has 5 nitrogen and oxygen atoms in total. The molecule has 0 bridgehead atoms. The molecule has 3 aromatic rings. The van der Waals surface area contributed by atoms with Gasteiger partial charge in [0.05, 0.1) is 10.6 Å². The molecule has 0 saturated carbocycles. The van der Waals surface area contributed by atoms with Crippen LogP contribution in [0.5, 0.6) is 0 Å². The van der Waals surface area contributed by atoms with Crippen molar-refractivity contribution in [3.05, 3.63) is 83.2 Å². The van der Waals surface area contributed by atoms with Gasteiger partial charge in [-0.3, -0.25) is 4.79 Å². The minimum atomic E-state index is -0.217.